The van der Waals surface area contributed by atoms with Gasteiger partial charge in [0.15, 0.2) is 11.6 Å². The molecular formula is C15H15NO2S. The summed E-state index contributed by atoms with van der Waals surface area (Å²) in [6.07, 6.45) is 0. The molecule has 0 amide bonds. The second-order valence-corrected chi connectivity index (χ2v) is 5.19. The van der Waals surface area contributed by atoms with Gasteiger partial charge in [-0.15, -0.1) is 11.3 Å². The van der Waals surface area contributed by atoms with Crippen LogP contribution in [0.5, 0.6) is 0 Å². The third-order valence-corrected chi connectivity index (χ3v) is 3.89. The Hall–Kier alpha value is -1.94. The van der Waals surface area contributed by atoms with Crippen LogP contribution in [-0.2, 0) is 0 Å². The number of nitrogens with one attached hydrogen (secondary N) is 1. The number of rotatable bonds is 5. The maximum atomic E-state index is 12.4. The summed E-state index contributed by atoms with van der Waals surface area (Å²) in [4.78, 5) is 24.5. The lowest BCUT2D eigenvalue weighted by atomic mass is 10.0. The van der Waals surface area contributed by atoms with E-state index in [9.17, 15) is 9.59 Å². The van der Waals surface area contributed by atoms with Crippen molar-refractivity contribution >= 4 is 27.9 Å². The van der Waals surface area contributed by atoms with Crippen LogP contribution in [0.3, 0.4) is 0 Å². The number of Topliss-reactive ketones (excluding diaryl/α,β-unsaturated/α-hetero) is 1. The van der Waals surface area contributed by atoms with Crippen LogP contribution < -0.4 is 5.32 Å². The Kier molecular flexibility index (Phi) is 4.12. The van der Waals surface area contributed by atoms with E-state index < -0.39 is 0 Å². The van der Waals surface area contributed by atoms with Crippen LogP contribution in [0.15, 0.2) is 36.4 Å². The summed E-state index contributed by atoms with van der Waals surface area (Å²) >= 11 is 1.33. The number of carbonyl (C=O) groups excluding carboxylic acids is 2. The van der Waals surface area contributed by atoms with E-state index in [1.807, 2.05) is 25.1 Å². The van der Waals surface area contributed by atoms with Crippen molar-refractivity contribution in [2.24, 2.45) is 0 Å². The highest BCUT2D eigenvalue weighted by Crippen LogP contribution is 2.30. The maximum absolute atomic E-state index is 12.4. The van der Waals surface area contributed by atoms with Gasteiger partial charge in [0.2, 0.25) is 0 Å². The smallest absolute Gasteiger partial charge is 0.196 e. The third-order valence-electron chi connectivity index (χ3n) is 2.70. The topological polar surface area (TPSA) is 46.2 Å². The molecule has 0 bridgehead atoms. The van der Waals surface area contributed by atoms with Crippen LogP contribution in [0.25, 0.3) is 0 Å². The zero-order valence-electron chi connectivity index (χ0n) is 10.9. The van der Waals surface area contributed by atoms with Crippen molar-refractivity contribution in [3.63, 3.8) is 0 Å². The summed E-state index contributed by atoms with van der Waals surface area (Å²) in [5, 5.41) is 3.91. The molecule has 2 rings (SSSR count). The molecule has 1 aromatic heterocycles. The van der Waals surface area contributed by atoms with Crippen molar-refractivity contribution in [2.75, 3.05) is 11.9 Å². The standard InChI is InChI=1S/C15H15NO2S/c1-3-16-15-12(9-13(19-15)10(2)17)14(18)11-7-5-4-6-8-11/h4-9,16H,3H2,1-2H3. The van der Waals surface area contributed by atoms with Gasteiger partial charge in [0.1, 0.15) is 5.00 Å². The zero-order valence-corrected chi connectivity index (χ0v) is 11.7. The second-order valence-electron chi connectivity index (χ2n) is 4.14. The molecule has 0 aliphatic heterocycles. The van der Waals surface area contributed by atoms with Gasteiger partial charge in [0.25, 0.3) is 0 Å². The average molecular weight is 273 g/mol. The molecule has 0 aliphatic rings. The second kappa shape index (κ2) is 5.80. The number of hydrogen-bond donors (Lipinski definition) is 1. The van der Waals surface area contributed by atoms with Crippen LogP contribution in [0.4, 0.5) is 5.00 Å². The first-order valence-electron chi connectivity index (χ1n) is 6.12. The van der Waals surface area contributed by atoms with Crippen molar-refractivity contribution in [3.05, 3.63) is 52.4 Å². The molecule has 98 valence electrons. The van der Waals surface area contributed by atoms with Crippen LogP contribution in [0.2, 0.25) is 0 Å². The fourth-order valence-electron chi connectivity index (χ4n) is 1.77. The Morgan fingerprint density at radius 2 is 1.89 bits per heavy atom. The molecule has 3 nitrogen and oxygen atoms in total. The van der Waals surface area contributed by atoms with Crippen LogP contribution in [0.1, 0.15) is 39.4 Å². The van der Waals surface area contributed by atoms with Crippen molar-refractivity contribution in [1.82, 2.24) is 0 Å². The Balaban J connectivity index is 2.43. The first kappa shape index (κ1) is 13.5. The van der Waals surface area contributed by atoms with Crippen molar-refractivity contribution in [1.29, 1.82) is 0 Å². The molecule has 0 aliphatic carbocycles. The summed E-state index contributed by atoms with van der Waals surface area (Å²) in [7, 11) is 0. The molecule has 19 heavy (non-hydrogen) atoms. The van der Waals surface area contributed by atoms with E-state index in [0.717, 1.165) is 5.00 Å². The Morgan fingerprint density at radius 1 is 1.21 bits per heavy atom. The lowest BCUT2D eigenvalue weighted by Gasteiger charge is -2.03. The normalized spacial score (nSPS) is 10.2. The van der Waals surface area contributed by atoms with E-state index in [-0.39, 0.29) is 11.6 Å². The highest BCUT2D eigenvalue weighted by atomic mass is 32.1. The summed E-state index contributed by atoms with van der Waals surface area (Å²) in [6, 6.07) is 10.8. The quantitative estimate of drug-likeness (QED) is 0.846. The van der Waals surface area contributed by atoms with E-state index >= 15 is 0 Å². The van der Waals surface area contributed by atoms with Crippen LogP contribution in [-0.4, -0.2) is 18.1 Å². The van der Waals surface area contributed by atoms with Gasteiger partial charge in [-0.2, -0.15) is 0 Å². The molecule has 2 aromatic rings. The summed E-state index contributed by atoms with van der Waals surface area (Å²) < 4.78 is 0. The van der Waals surface area contributed by atoms with Gasteiger partial charge in [-0.25, -0.2) is 0 Å². The number of benzene rings is 1. The van der Waals surface area contributed by atoms with Gasteiger partial charge in [-0.1, -0.05) is 30.3 Å². The average Bonchev–Trinajstić information content (AvgIpc) is 2.84. The van der Waals surface area contributed by atoms with Crippen molar-refractivity contribution in [3.8, 4) is 0 Å². The van der Waals surface area contributed by atoms with E-state index in [0.29, 0.717) is 22.5 Å². The number of carbonyl (C=O) groups is 2. The van der Waals surface area contributed by atoms with Gasteiger partial charge < -0.3 is 5.32 Å². The minimum atomic E-state index is -0.0553. The summed E-state index contributed by atoms with van der Waals surface area (Å²) in [5.41, 5.74) is 1.21. The highest BCUT2D eigenvalue weighted by Gasteiger charge is 2.18. The first-order chi connectivity index (χ1) is 9.13. The predicted octanol–water partition coefficient (Wildman–Crippen LogP) is 3.61. The Labute approximate surface area is 116 Å². The van der Waals surface area contributed by atoms with Gasteiger partial charge in [-0.3, -0.25) is 9.59 Å². The fourth-order valence-corrected chi connectivity index (χ4v) is 2.79. The Bertz CT molecular complexity index is 602. The van der Waals surface area contributed by atoms with Gasteiger partial charge >= 0.3 is 0 Å². The highest BCUT2D eigenvalue weighted by molar-refractivity contribution is 7.18. The van der Waals surface area contributed by atoms with Gasteiger partial charge in [-0.05, 0) is 19.9 Å². The molecule has 0 saturated carbocycles. The lowest BCUT2D eigenvalue weighted by molar-refractivity contribution is 0.102. The van der Waals surface area contributed by atoms with E-state index in [1.165, 1.54) is 18.3 Å². The third kappa shape index (κ3) is 2.90. The molecule has 0 fully saturated rings. The number of anilines is 1. The predicted molar refractivity (Wildman–Crippen MR) is 78.4 cm³/mol. The minimum absolute atomic E-state index is 0.0173. The zero-order chi connectivity index (χ0) is 13.8. The van der Waals surface area contributed by atoms with E-state index in [1.54, 1.807) is 18.2 Å². The monoisotopic (exact) mass is 273 g/mol. The first-order valence-corrected chi connectivity index (χ1v) is 6.93. The molecular weight excluding hydrogens is 258 g/mol. The Morgan fingerprint density at radius 3 is 2.47 bits per heavy atom. The largest absolute Gasteiger partial charge is 0.377 e. The van der Waals surface area contributed by atoms with E-state index in [2.05, 4.69) is 5.32 Å². The maximum Gasteiger partial charge on any atom is 0.196 e. The van der Waals surface area contributed by atoms with Gasteiger partial charge in [0.05, 0.1) is 10.4 Å². The van der Waals surface area contributed by atoms with Crippen molar-refractivity contribution < 1.29 is 9.59 Å². The molecule has 0 atom stereocenters. The lowest BCUT2D eigenvalue weighted by Crippen LogP contribution is -2.04. The summed E-state index contributed by atoms with van der Waals surface area (Å²) in [5.74, 6) is -0.0726. The molecule has 0 spiro atoms. The fraction of sp³-hybridized carbons (Fsp3) is 0.200. The molecule has 1 heterocycles. The van der Waals surface area contributed by atoms with Gasteiger partial charge in [0, 0.05) is 12.1 Å². The SMILES string of the molecule is CCNc1sc(C(C)=O)cc1C(=O)c1ccccc1. The van der Waals surface area contributed by atoms with Crippen molar-refractivity contribution in [2.45, 2.75) is 13.8 Å². The minimum Gasteiger partial charge on any atom is -0.377 e. The van der Waals surface area contributed by atoms with Crippen LogP contribution >= 0.6 is 11.3 Å². The molecule has 1 aromatic carbocycles. The molecule has 4 heteroatoms. The number of ketones is 2. The van der Waals surface area contributed by atoms with E-state index in [4.69, 9.17) is 0 Å². The molecule has 0 saturated heterocycles. The number of thiophene rings is 1. The molecule has 0 radical (unpaired) electrons. The molecule has 0 unspecified atom stereocenters. The molecule has 1 N–H and O–H groups in total. The number of hydrogen-bond acceptors (Lipinski definition) is 4. The van der Waals surface area contributed by atoms with Crippen LogP contribution in [0, 0.1) is 0 Å². The summed E-state index contributed by atoms with van der Waals surface area (Å²) in [6.45, 7) is 4.19.